The molecule has 15 heteroatoms. The van der Waals surface area contributed by atoms with E-state index >= 15 is 0 Å². The number of nitrogens with zero attached hydrogens (tertiary/aromatic N) is 4. The summed E-state index contributed by atoms with van der Waals surface area (Å²) >= 11 is 0. The number of rotatable bonds is 3. The van der Waals surface area contributed by atoms with E-state index in [1.807, 2.05) is 4.98 Å². The van der Waals surface area contributed by atoms with Crippen molar-refractivity contribution in [2.24, 2.45) is 7.05 Å². The molecule has 30 heavy (non-hydrogen) atoms. The number of fused-ring (bicyclic) bond motifs is 1. The Labute approximate surface area is 164 Å². The quantitative estimate of drug-likeness (QED) is 0.600. The first kappa shape index (κ1) is 21.1. The van der Waals surface area contributed by atoms with Gasteiger partial charge in [-0.2, -0.15) is 18.3 Å². The van der Waals surface area contributed by atoms with Crippen molar-refractivity contribution in [2.45, 2.75) is 6.18 Å². The van der Waals surface area contributed by atoms with E-state index in [1.165, 1.54) is 19.3 Å². The number of sulfonamides is 1. The maximum absolute atomic E-state index is 13.6. The second kappa shape index (κ2) is 6.72. The van der Waals surface area contributed by atoms with Crippen molar-refractivity contribution in [1.29, 1.82) is 0 Å². The minimum Gasteiger partial charge on any atom is -0.463 e. The monoisotopic (exact) mass is 447 g/mol. The maximum atomic E-state index is 13.6. The highest BCUT2D eigenvalue weighted by molar-refractivity contribution is 7.92. The van der Waals surface area contributed by atoms with Crippen molar-refractivity contribution in [3.8, 4) is 11.3 Å². The number of H-pyrrole nitrogens is 1. The van der Waals surface area contributed by atoms with Crippen molar-refractivity contribution in [3.63, 3.8) is 0 Å². The van der Waals surface area contributed by atoms with Gasteiger partial charge < -0.3 is 10.1 Å². The number of benzene rings is 1. The predicted octanol–water partition coefficient (Wildman–Crippen LogP) is 0.685. The van der Waals surface area contributed by atoms with Gasteiger partial charge in [-0.15, -0.1) is 4.68 Å². The highest BCUT2D eigenvalue weighted by atomic mass is 32.2. The van der Waals surface area contributed by atoms with Crippen molar-refractivity contribution in [3.05, 3.63) is 50.8 Å². The van der Waals surface area contributed by atoms with E-state index in [9.17, 15) is 36.0 Å². The van der Waals surface area contributed by atoms with Crippen LogP contribution in [0, 0.1) is 0 Å². The van der Waals surface area contributed by atoms with E-state index in [2.05, 4.69) is 5.10 Å². The number of hydrogen-bond donors (Lipinski definition) is 2. The Morgan fingerprint density at radius 2 is 1.90 bits per heavy atom. The largest absolute Gasteiger partial charge is 0.463 e. The van der Waals surface area contributed by atoms with Crippen LogP contribution in [0.1, 0.15) is 5.56 Å². The van der Waals surface area contributed by atoms with Gasteiger partial charge >= 0.3 is 18.0 Å². The molecule has 0 unspecified atom stereocenters. The van der Waals surface area contributed by atoms with E-state index in [0.717, 1.165) is 10.7 Å². The average Bonchev–Trinajstić information content (AvgIpc) is 3.01. The highest BCUT2D eigenvalue weighted by Gasteiger charge is 2.36. The summed E-state index contributed by atoms with van der Waals surface area (Å²) in [6.07, 6.45) is -5.38. The molecule has 3 rings (SSSR count). The fourth-order valence-corrected chi connectivity index (χ4v) is 3.61. The first-order chi connectivity index (χ1) is 13.7. The van der Waals surface area contributed by atoms with Gasteiger partial charge in [0, 0.05) is 18.8 Å². The third-order valence-electron chi connectivity index (χ3n) is 4.08. The molecule has 0 saturated heterocycles. The molecule has 0 aliphatic carbocycles. The Kier molecular flexibility index (Phi) is 4.73. The first-order valence-electron chi connectivity index (χ1n) is 7.85. The second-order valence-electron chi connectivity index (χ2n) is 6.12. The van der Waals surface area contributed by atoms with Gasteiger partial charge in [-0.25, -0.2) is 18.0 Å². The molecule has 2 aromatic heterocycles. The van der Waals surface area contributed by atoms with Gasteiger partial charge in [-0.1, -0.05) is 4.41 Å². The van der Waals surface area contributed by atoms with Crippen LogP contribution in [0.5, 0.6) is 0 Å². The van der Waals surface area contributed by atoms with E-state index in [-0.39, 0.29) is 10.4 Å². The lowest BCUT2D eigenvalue weighted by Gasteiger charge is -2.19. The molecule has 2 heterocycles. The lowest BCUT2D eigenvalue weighted by atomic mass is 10.0. The molecule has 0 fully saturated rings. The van der Waals surface area contributed by atoms with Gasteiger partial charge in [-0.05, 0) is 18.2 Å². The number of alkyl halides is 3. The first-order valence-corrected chi connectivity index (χ1v) is 9.70. The van der Waals surface area contributed by atoms with Crippen LogP contribution in [0.25, 0.3) is 22.2 Å². The number of carbonyl (C=O) groups is 1. The zero-order valence-electron chi connectivity index (χ0n) is 15.1. The smallest absolute Gasteiger partial charge is 0.441 e. The van der Waals surface area contributed by atoms with Crippen LogP contribution < -0.4 is 15.7 Å². The Balaban J connectivity index is 2.49. The number of aromatic amines is 1. The normalized spacial score (nSPS) is 12.3. The number of nitrogens with one attached hydrogen (secondary N) is 1. The van der Waals surface area contributed by atoms with Crippen LogP contribution >= 0.6 is 0 Å². The fourth-order valence-electron chi connectivity index (χ4n) is 2.88. The van der Waals surface area contributed by atoms with Crippen LogP contribution in [-0.2, 0) is 23.2 Å². The topological polar surface area (TPSA) is 147 Å². The summed E-state index contributed by atoms with van der Waals surface area (Å²) in [6, 6.07) is 2.54. The number of aryl methyl sites for hydroxylation is 1. The molecule has 1 aromatic carbocycles. The molecule has 0 aliphatic heterocycles. The van der Waals surface area contributed by atoms with Crippen molar-refractivity contribution in [2.75, 3.05) is 10.7 Å². The van der Waals surface area contributed by atoms with Crippen molar-refractivity contribution in [1.82, 2.24) is 19.4 Å². The summed E-state index contributed by atoms with van der Waals surface area (Å²) in [5, 5.41) is 12.4. The number of amides is 1. The molecular weight excluding hydrogens is 435 g/mol. The van der Waals surface area contributed by atoms with Crippen LogP contribution in [0.2, 0.25) is 0 Å². The van der Waals surface area contributed by atoms with Gasteiger partial charge in [0.15, 0.2) is 0 Å². The van der Waals surface area contributed by atoms with Crippen LogP contribution in [0.3, 0.4) is 0 Å². The van der Waals surface area contributed by atoms with Gasteiger partial charge in [0.2, 0.25) is 0 Å². The van der Waals surface area contributed by atoms with Crippen LogP contribution in [0.4, 0.5) is 18.0 Å². The van der Waals surface area contributed by atoms with Crippen LogP contribution in [-0.4, -0.2) is 45.3 Å². The fraction of sp³-hybridized carbons (Fsp3) is 0.200. The average molecular weight is 447 g/mol. The van der Waals surface area contributed by atoms with Crippen LogP contribution in [0.15, 0.2) is 34.0 Å². The number of aromatic nitrogens is 4. The third kappa shape index (κ3) is 3.42. The summed E-state index contributed by atoms with van der Waals surface area (Å²) in [6.45, 7) is 0. The summed E-state index contributed by atoms with van der Waals surface area (Å²) in [5.74, 6) is 0. The summed E-state index contributed by atoms with van der Waals surface area (Å²) in [4.78, 5) is 38.3. The Hall–Kier alpha value is -3.62. The van der Waals surface area contributed by atoms with Gasteiger partial charge in [0.25, 0.3) is 15.6 Å². The minimum atomic E-state index is -4.88. The predicted molar refractivity (Wildman–Crippen MR) is 97.1 cm³/mol. The van der Waals surface area contributed by atoms with Gasteiger partial charge in [0.05, 0.1) is 28.4 Å². The standard InChI is InChI=1S/C15H12F3N5O6S/c1-21-11(3-4-19-21)7-5-8-10(6-9(7)15(16,17)18)20-13(25)22(12(8)24)23(14(26)27)30(2,28)29/h3-6H,1-2H3,(H,20,25)(H,26,27). The van der Waals surface area contributed by atoms with E-state index in [4.69, 9.17) is 5.11 Å². The lowest BCUT2D eigenvalue weighted by molar-refractivity contribution is -0.137. The zero-order valence-corrected chi connectivity index (χ0v) is 15.9. The Bertz CT molecular complexity index is 1400. The lowest BCUT2D eigenvalue weighted by Crippen LogP contribution is -2.55. The summed E-state index contributed by atoms with van der Waals surface area (Å²) < 4.78 is 64.7. The molecule has 0 atom stereocenters. The molecule has 0 spiro atoms. The number of hydrogen-bond acceptors (Lipinski definition) is 6. The molecule has 0 saturated carbocycles. The molecule has 2 N–H and O–H groups in total. The van der Waals surface area contributed by atoms with E-state index in [0.29, 0.717) is 12.3 Å². The molecule has 3 aromatic rings. The maximum Gasteiger partial charge on any atom is 0.441 e. The number of halogens is 3. The van der Waals surface area contributed by atoms with E-state index in [1.54, 1.807) is 0 Å². The molecule has 0 radical (unpaired) electrons. The van der Waals surface area contributed by atoms with Crippen molar-refractivity contribution < 1.29 is 31.5 Å². The second-order valence-corrected chi connectivity index (χ2v) is 7.93. The molecule has 0 bridgehead atoms. The Morgan fingerprint density at radius 3 is 2.37 bits per heavy atom. The van der Waals surface area contributed by atoms with Gasteiger partial charge in [-0.3, -0.25) is 9.48 Å². The summed E-state index contributed by atoms with van der Waals surface area (Å²) in [7, 11) is -3.28. The number of carboxylic acid groups (broad SMARTS) is 1. The van der Waals surface area contributed by atoms with Gasteiger partial charge in [0.1, 0.15) is 0 Å². The Morgan fingerprint density at radius 1 is 1.27 bits per heavy atom. The van der Waals surface area contributed by atoms with Crippen molar-refractivity contribution >= 4 is 27.0 Å². The molecule has 0 aliphatic rings. The minimum absolute atomic E-state index is 0.0282. The molecular formula is C15H12F3N5O6S. The molecule has 160 valence electrons. The molecule has 1 amide bonds. The highest BCUT2D eigenvalue weighted by Crippen LogP contribution is 2.38. The summed E-state index contributed by atoms with van der Waals surface area (Å²) in [5.41, 5.74) is -5.25. The SMILES string of the molecule is Cn1nccc1-c1cc2c(=O)n(N(C(=O)O)S(C)(=O)=O)c(=O)[nH]c2cc1C(F)(F)F. The zero-order chi connectivity index (χ0) is 22.6. The third-order valence-corrected chi connectivity index (χ3v) is 5.02. The molecule has 11 nitrogen and oxygen atoms in total. The van der Waals surface area contributed by atoms with E-state index < -0.39 is 60.0 Å².